The molecule has 1 aromatic carbocycles. The molecule has 230 valence electrons. The first-order valence-electron chi connectivity index (χ1n) is 13.5. The molecular weight excluding hydrogens is 532 g/mol. The number of carboxylic acid groups (broad SMARTS) is 3. The van der Waals surface area contributed by atoms with Crippen molar-refractivity contribution in [1.82, 2.24) is 10.2 Å². The van der Waals surface area contributed by atoms with Crippen LogP contribution in [0.4, 0.5) is 4.79 Å². The van der Waals surface area contributed by atoms with E-state index in [-0.39, 0.29) is 13.0 Å². The lowest BCUT2D eigenvalue weighted by molar-refractivity contribution is -0.193. The third kappa shape index (κ3) is 8.93. The molecule has 1 rings (SSSR count). The van der Waals surface area contributed by atoms with E-state index in [1.807, 2.05) is 0 Å². The second-order valence-corrected chi connectivity index (χ2v) is 13.4. The normalized spacial score (nSPS) is 15.1. The third-order valence-electron chi connectivity index (χ3n) is 7.12. The summed E-state index contributed by atoms with van der Waals surface area (Å²) in [6, 6.07) is 7.31. The fourth-order valence-electron chi connectivity index (χ4n) is 5.48. The second-order valence-electron chi connectivity index (χ2n) is 13.4. The fraction of sp³-hybridized carbons (Fsp3) is 0.633. The number of hydrogen-bond acceptors (Lipinski definition) is 6. The van der Waals surface area contributed by atoms with Crippen LogP contribution in [0.5, 0.6) is 0 Å². The molecule has 11 nitrogen and oxygen atoms in total. The van der Waals surface area contributed by atoms with Gasteiger partial charge in [-0.2, -0.15) is 0 Å². The van der Waals surface area contributed by atoms with Gasteiger partial charge in [0.15, 0.2) is 0 Å². The second kappa shape index (κ2) is 13.4. The summed E-state index contributed by atoms with van der Waals surface area (Å²) in [5, 5.41) is 32.7. The lowest BCUT2D eigenvalue weighted by atomic mass is 9.56. The molecule has 0 fully saturated rings. The minimum atomic E-state index is -2.00. The molecule has 0 aromatic heterocycles. The first-order valence-corrected chi connectivity index (χ1v) is 13.5. The van der Waals surface area contributed by atoms with E-state index in [9.17, 15) is 39.3 Å². The highest BCUT2D eigenvalue weighted by atomic mass is 16.5. The number of carboxylic acids is 3. The molecule has 2 amide bonds. The van der Waals surface area contributed by atoms with Gasteiger partial charge in [0, 0.05) is 17.9 Å². The van der Waals surface area contributed by atoms with E-state index < -0.39 is 76.6 Å². The Labute approximate surface area is 242 Å². The molecule has 4 N–H and O–H groups in total. The predicted octanol–water partition coefficient (Wildman–Crippen LogP) is 4.78. The number of rotatable bonds is 12. The highest BCUT2D eigenvalue weighted by Gasteiger charge is 2.64. The van der Waals surface area contributed by atoms with E-state index in [1.165, 1.54) is 4.90 Å². The van der Waals surface area contributed by atoms with Crippen LogP contribution in [0.25, 0.3) is 0 Å². The Balaban J connectivity index is 3.44. The number of hydrogen-bond donors (Lipinski definition) is 4. The molecule has 11 heteroatoms. The number of benzene rings is 1. The summed E-state index contributed by atoms with van der Waals surface area (Å²) in [5.41, 5.74) is -4.42. The van der Waals surface area contributed by atoms with E-state index in [0.717, 1.165) is 0 Å². The Morgan fingerprint density at radius 1 is 0.878 bits per heavy atom. The van der Waals surface area contributed by atoms with E-state index in [0.29, 0.717) is 5.56 Å². The summed E-state index contributed by atoms with van der Waals surface area (Å²) in [4.78, 5) is 64.9. The Kier molecular flexibility index (Phi) is 11.5. The van der Waals surface area contributed by atoms with Gasteiger partial charge in [0.05, 0.1) is 6.42 Å². The SMILES string of the molecule is CC(C)(C)C(CC(=O)O)[C@](C(=O)O)(N(C(=O)CC[C@@H](NC(=O)OCc1ccccc1)C(=O)O)C(C)(C)C)C(C)(C)C. The average molecular weight is 579 g/mol. The molecule has 0 radical (unpaired) electrons. The van der Waals surface area contributed by atoms with Gasteiger partial charge in [-0.25, -0.2) is 14.4 Å². The zero-order chi connectivity index (χ0) is 32.0. The largest absolute Gasteiger partial charge is 0.481 e. The number of nitrogens with zero attached hydrogens (tertiary/aromatic N) is 1. The molecule has 0 aliphatic rings. The van der Waals surface area contributed by atoms with Crippen molar-refractivity contribution in [3.8, 4) is 0 Å². The molecule has 3 atom stereocenters. The monoisotopic (exact) mass is 578 g/mol. The Morgan fingerprint density at radius 3 is 1.80 bits per heavy atom. The van der Waals surface area contributed by atoms with Crippen molar-refractivity contribution >= 4 is 29.9 Å². The van der Waals surface area contributed by atoms with Crippen molar-refractivity contribution < 1.29 is 44.0 Å². The Hall–Kier alpha value is -3.63. The van der Waals surface area contributed by atoms with Crippen molar-refractivity contribution in [1.29, 1.82) is 0 Å². The summed E-state index contributed by atoms with van der Waals surface area (Å²) in [6.45, 7) is 15.0. The minimum Gasteiger partial charge on any atom is -0.481 e. The number of nitrogens with one attached hydrogen (secondary N) is 1. The van der Waals surface area contributed by atoms with Gasteiger partial charge in [-0.15, -0.1) is 0 Å². The van der Waals surface area contributed by atoms with Crippen molar-refractivity contribution in [2.45, 2.75) is 105 Å². The topological polar surface area (TPSA) is 171 Å². The number of carbonyl (C=O) groups excluding carboxylic acids is 2. The van der Waals surface area contributed by atoms with E-state index in [1.54, 1.807) is 92.6 Å². The smallest absolute Gasteiger partial charge is 0.408 e. The van der Waals surface area contributed by atoms with E-state index in [2.05, 4.69) is 5.32 Å². The van der Waals surface area contributed by atoms with Crippen LogP contribution in [0, 0.1) is 16.7 Å². The molecule has 0 aliphatic carbocycles. The molecule has 0 heterocycles. The zero-order valence-electron chi connectivity index (χ0n) is 25.6. The average Bonchev–Trinajstić information content (AvgIpc) is 2.80. The van der Waals surface area contributed by atoms with Crippen LogP contribution in [0.15, 0.2) is 30.3 Å². The number of alkyl carbamates (subject to hydrolysis) is 1. The zero-order valence-corrected chi connectivity index (χ0v) is 25.6. The molecular formula is C30H46N2O9. The van der Waals surface area contributed by atoms with Crippen molar-refractivity contribution in [2.24, 2.45) is 16.7 Å². The number of carbonyl (C=O) groups is 5. The maximum absolute atomic E-state index is 14.0. The van der Waals surface area contributed by atoms with Crippen molar-refractivity contribution in [3.05, 3.63) is 35.9 Å². The summed E-state index contributed by atoms with van der Waals surface area (Å²) in [7, 11) is 0. The Bertz CT molecular complexity index is 1100. The van der Waals surface area contributed by atoms with Crippen LogP contribution in [0.1, 0.15) is 87.1 Å². The summed E-state index contributed by atoms with van der Waals surface area (Å²) in [6.07, 6.45) is -2.27. The number of ether oxygens (including phenoxy) is 1. The molecule has 1 unspecified atom stereocenters. The van der Waals surface area contributed by atoms with Crippen molar-refractivity contribution in [3.63, 3.8) is 0 Å². The lowest BCUT2D eigenvalue weighted by Gasteiger charge is -2.60. The number of aliphatic carboxylic acids is 3. The first kappa shape index (κ1) is 35.4. The van der Waals surface area contributed by atoms with Crippen LogP contribution in [0.2, 0.25) is 0 Å². The van der Waals surface area contributed by atoms with Crippen LogP contribution in [-0.4, -0.2) is 67.2 Å². The lowest BCUT2D eigenvalue weighted by Crippen LogP contribution is -2.74. The van der Waals surface area contributed by atoms with Gasteiger partial charge in [-0.1, -0.05) is 71.9 Å². The molecule has 0 saturated heterocycles. The molecule has 41 heavy (non-hydrogen) atoms. The maximum atomic E-state index is 14.0. The van der Waals surface area contributed by atoms with Gasteiger partial charge in [-0.05, 0) is 43.6 Å². The van der Waals surface area contributed by atoms with E-state index >= 15 is 0 Å². The summed E-state index contributed by atoms with van der Waals surface area (Å²) in [5.74, 6) is -5.66. The van der Waals surface area contributed by atoms with Gasteiger partial charge in [0.2, 0.25) is 5.91 Å². The first-order chi connectivity index (χ1) is 18.6. The summed E-state index contributed by atoms with van der Waals surface area (Å²) < 4.78 is 5.11. The molecule has 0 spiro atoms. The standard InChI is InChI=1S/C30H46N2O9/c1-27(2,3)21(17-23(34)35)30(25(38)39,28(4,5)6)32(29(7,8)9)22(33)16-15-20(24(36)37)31-26(40)41-18-19-13-11-10-12-14-19/h10-14,20-21H,15-18H2,1-9H3,(H,31,40)(H,34,35)(H,36,37)(H,38,39)/t20-,21?,30-/m1/s1. The van der Waals surface area contributed by atoms with Crippen LogP contribution >= 0.6 is 0 Å². The van der Waals surface area contributed by atoms with Gasteiger partial charge in [0.1, 0.15) is 18.2 Å². The minimum absolute atomic E-state index is 0.0831. The highest BCUT2D eigenvalue weighted by Crippen LogP contribution is 2.52. The quantitative estimate of drug-likeness (QED) is 0.272. The van der Waals surface area contributed by atoms with Crippen LogP contribution < -0.4 is 5.32 Å². The number of amides is 2. The van der Waals surface area contributed by atoms with Crippen LogP contribution in [-0.2, 0) is 30.5 Å². The maximum Gasteiger partial charge on any atom is 0.408 e. The molecule has 0 aliphatic heterocycles. The van der Waals surface area contributed by atoms with Gasteiger partial charge in [0.25, 0.3) is 0 Å². The fourth-order valence-corrected chi connectivity index (χ4v) is 5.48. The van der Waals surface area contributed by atoms with Crippen LogP contribution in [0.3, 0.4) is 0 Å². The van der Waals surface area contributed by atoms with Gasteiger partial charge >= 0.3 is 24.0 Å². The van der Waals surface area contributed by atoms with Gasteiger partial charge in [-0.3, -0.25) is 9.59 Å². The molecule has 0 saturated carbocycles. The predicted molar refractivity (Wildman–Crippen MR) is 152 cm³/mol. The van der Waals surface area contributed by atoms with Crippen molar-refractivity contribution in [2.75, 3.05) is 0 Å². The van der Waals surface area contributed by atoms with Gasteiger partial charge < -0.3 is 30.3 Å². The third-order valence-corrected chi connectivity index (χ3v) is 7.12. The Morgan fingerprint density at radius 2 is 1.41 bits per heavy atom. The molecule has 0 bridgehead atoms. The summed E-state index contributed by atoms with van der Waals surface area (Å²) >= 11 is 0. The highest BCUT2D eigenvalue weighted by molar-refractivity contribution is 5.90. The molecule has 1 aromatic rings. The van der Waals surface area contributed by atoms with E-state index in [4.69, 9.17) is 4.74 Å².